The van der Waals surface area contributed by atoms with E-state index in [9.17, 15) is 4.79 Å². The Bertz CT molecular complexity index is 155. The van der Waals surface area contributed by atoms with Crippen molar-refractivity contribution in [1.82, 2.24) is 5.32 Å². The van der Waals surface area contributed by atoms with Crippen molar-refractivity contribution in [3.8, 4) is 0 Å². The van der Waals surface area contributed by atoms with Gasteiger partial charge in [0.05, 0.1) is 0 Å². The lowest BCUT2D eigenvalue weighted by atomic mass is 9.95. The molecule has 58 valence electrons. The smallest absolute Gasteiger partial charge is 0.222 e. The van der Waals surface area contributed by atoms with E-state index in [0.717, 1.165) is 0 Å². The summed E-state index contributed by atoms with van der Waals surface area (Å²) in [6, 6.07) is 0. The average Bonchev–Trinajstić information content (AvgIpc) is 1.60. The van der Waals surface area contributed by atoms with E-state index in [1.165, 1.54) is 6.92 Å². The van der Waals surface area contributed by atoms with Crippen LogP contribution in [0.4, 0.5) is 0 Å². The maximum Gasteiger partial charge on any atom is 0.222 e. The van der Waals surface area contributed by atoms with Crippen molar-refractivity contribution in [3.05, 3.63) is 0 Å². The standard InChI is InChI=1S/C7H14N2O/c1-5(10)9-6(8)7(2,3)4/h1-4H3,(H2,8,9,10). The molecule has 0 saturated carbocycles. The quantitative estimate of drug-likeness (QED) is 0.387. The summed E-state index contributed by atoms with van der Waals surface area (Å²) in [5.74, 6) is 0.0833. The molecule has 3 heteroatoms. The van der Waals surface area contributed by atoms with Crippen LogP contribution in [0.15, 0.2) is 0 Å². The van der Waals surface area contributed by atoms with Crippen LogP contribution in [0.2, 0.25) is 0 Å². The Labute approximate surface area is 61.3 Å². The molecule has 0 aromatic heterocycles. The third-order valence-electron chi connectivity index (χ3n) is 1.05. The number of rotatable bonds is 0. The minimum absolute atomic E-state index is 0.181. The van der Waals surface area contributed by atoms with E-state index in [0.29, 0.717) is 0 Å². The monoisotopic (exact) mass is 142 g/mol. The average molecular weight is 142 g/mol. The minimum Gasteiger partial charge on any atom is -0.315 e. The molecular weight excluding hydrogens is 128 g/mol. The highest BCUT2D eigenvalue weighted by molar-refractivity contribution is 5.98. The highest BCUT2D eigenvalue weighted by Gasteiger charge is 2.17. The third-order valence-corrected chi connectivity index (χ3v) is 1.05. The first-order valence-electron chi connectivity index (χ1n) is 3.20. The molecule has 0 unspecified atom stereocenters. The van der Waals surface area contributed by atoms with Gasteiger partial charge in [0.15, 0.2) is 0 Å². The van der Waals surface area contributed by atoms with Gasteiger partial charge < -0.3 is 5.32 Å². The Morgan fingerprint density at radius 3 is 1.90 bits per heavy atom. The van der Waals surface area contributed by atoms with E-state index in [1.54, 1.807) is 0 Å². The molecule has 0 fully saturated rings. The van der Waals surface area contributed by atoms with Gasteiger partial charge >= 0.3 is 0 Å². The summed E-state index contributed by atoms with van der Waals surface area (Å²) in [5.41, 5.74) is -0.258. The van der Waals surface area contributed by atoms with Crippen LogP contribution in [0.5, 0.6) is 0 Å². The summed E-state index contributed by atoms with van der Waals surface area (Å²) in [5, 5.41) is 9.77. The normalized spacial score (nSPS) is 10.8. The molecule has 0 aliphatic carbocycles. The Morgan fingerprint density at radius 2 is 1.80 bits per heavy atom. The fourth-order valence-electron chi connectivity index (χ4n) is 0.364. The predicted octanol–water partition coefficient (Wildman–Crippen LogP) is 1.15. The number of carbonyl (C=O) groups excluding carboxylic acids is 1. The van der Waals surface area contributed by atoms with Crippen LogP contribution in [-0.2, 0) is 4.79 Å². The molecule has 0 aromatic carbocycles. The molecule has 0 saturated heterocycles. The van der Waals surface area contributed by atoms with Gasteiger partial charge in [-0.1, -0.05) is 20.8 Å². The van der Waals surface area contributed by atoms with Crippen molar-refractivity contribution >= 4 is 11.7 Å². The highest BCUT2D eigenvalue weighted by atomic mass is 16.1. The zero-order chi connectivity index (χ0) is 8.36. The molecule has 2 N–H and O–H groups in total. The van der Waals surface area contributed by atoms with Crippen molar-refractivity contribution in [2.24, 2.45) is 5.41 Å². The first kappa shape index (κ1) is 9.14. The molecule has 0 heterocycles. The van der Waals surface area contributed by atoms with E-state index < -0.39 is 0 Å². The van der Waals surface area contributed by atoms with E-state index in [4.69, 9.17) is 5.41 Å². The third kappa shape index (κ3) is 3.22. The summed E-state index contributed by atoms with van der Waals surface area (Å²) >= 11 is 0. The van der Waals surface area contributed by atoms with Gasteiger partial charge in [0, 0.05) is 12.3 Å². The van der Waals surface area contributed by atoms with Crippen molar-refractivity contribution in [3.63, 3.8) is 0 Å². The summed E-state index contributed by atoms with van der Waals surface area (Å²) < 4.78 is 0. The summed E-state index contributed by atoms with van der Waals surface area (Å²) in [4.78, 5) is 10.4. The molecular formula is C7H14N2O. The zero-order valence-electron chi connectivity index (χ0n) is 6.91. The molecule has 0 spiro atoms. The molecule has 0 aliphatic rings. The summed E-state index contributed by atoms with van der Waals surface area (Å²) in [6.07, 6.45) is 0. The van der Waals surface area contributed by atoms with Crippen molar-refractivity contribution in [2.45, 2.75) is 27.7 Å². The number of hydrogen-bond acceptors (Lipinski definition) is 2. The predicted molar refractivity (Wildman–Crippen MR) is 41.0 cm³/mol. The van der Waals surface area contributed by atoms with Gasteiger partial charge in [0.25, 0.3) is 0 Å². The van der Waals surface area contributed by atoms with Gasteiger partial charge in [0.2, 0.25) is 5.91 Å². The molecule has 3 nitrogen and oxygen atoms in total. The first-order valence-corrected chi connectivity index (χ1v) is 3.20. The van der Waals surface area contributed by atoms with Gasteiger partial charge in [-0.3, -0.25) is 10.2 Å². The van der Waals surface area contributed by atoms with Crippen molar-refractivity contribution < 1.29 is 4.79 Å². The summed E-state index contributed by atoms with van der Waals surface area (Å²) in [7, 11) is 0. The van der Waals surface area contributed by atoms with Crippen molar-refractivity contribution in [1.29, 1.82) is 5.41 Å². The van der Waals surface area contributed by atoms with Crippen LogP contribution in [0.1, 0.15) is 27.7 Å². The highest BCUT2D eigenvalue weighted by Crippen LogP contribution is 2.12. The lowest BCUT2D eigenvalue weighted by molar-refractivity contribution is -0.117. The Hall–Kier alpha value is -0.860. The number of amides is 1. The van der Waals surface area contributed by atoms with E-state index >= 15 is 0 Å². The molecule has 0 aliphatic heterocycles. The Kier molecular flexibility index (Phi) is 2.57. The number of nitrogens with one attached hydrogen (secondary N) is 2. The molecule has 0 rings (SSSR count). The molecule has 0 atom stereocenters. The van der Waals surface area contributed by atoms with Crippen LogP contribution < -0.4 is 5.32 Å². The Balaban J connectivity index is 3.99. The van der Waals surface area contributed by atoms with Crippen LogP contribution in [-0.4, -0.2) is 11.7 Å². The molecule has 0 bridgehead atoms. The lowest BCUT2D eigenvalue weighted by Crippen LogP contribution is -2.36. The fourth-order valence-corrected chi connectivity index (χ4v) is 0.364. The maximum absolute atomic E-state index is 10.4. The zero-order valence-corrected chi connectivity index (χ0v) is 6.91. The summed E-state index contributed by atoms with van der Waals surface area (Å²) in [6.45, 7) is 7.04. The first-order chi connectivity index (χ1) is 4.34. The fraction of sp³-hybridized carbons (Fsp3) is 0.714. The largest absolute Gasteiger partial charge is 0.315 e. The van der Waals surface area contributed by atoms with Crippen LogP contribution in [0.25, 0.3) is 0 Å². The van der Waals surface area contributed by atoms with E-state index in [2.05, 4.69) is 5.32 Å². The number of carbonyl (C=O) groups is 1. The van der Waals surface area contributed by atoms with Gasteiger partial charge in [-0.25, -0.2) is 0 Å². The molecule has 0 aromatic rings. The number of amidine groups is 1. The van der Waals surface area contributed by atoms with E-state index in [1.807, 2.05) is 20.8 Å². The maximum atomic E-state index is 10.4. The molecule has 0 radical (unpaired) electrons. The second-order valence-electron chi connectivity index (χ2n) is 3.31. The molecule has 1 amide bonds. The van der Waals surface area contributed by atoms with Gasteiger partial charge in [-0.05, 0) is 0 Å². The van der Waals surface area contributed by atoms with Crippen LogP contribution in [0, 0.1) is 10.8 Å². The van der Waals surface area contributed by atoms with Crippen LogP contribution in [0.3, 0.4) is 0 Å². The van der Waals surface area contributed by atoms with Crippen LogP contribution >= 0.6 is 0 Å². The molecule has 10 heavy (non-hydrogen) atoms. The Morgan fingerprint density at radius 1 is 1.40 bits per heavy atom. The second kappa shape index (κ2) is 2.82. The van der Waals surface area contributed by atoms with Crippen molar-refractivity contribution in [2.75, 3.05) is 0 Å². The van der Waals surface area contributed by atoms with Gasteiger partial charge in [0.1, 0.15) is 5.84 Å². The van der Waals surface area contributed by atoms with Gasteiger partial charge in [-0.15, -0.1) is 0 Å². The van der Waals surface area contributed by atoms with Gasteiger partial charge in [-0.2, -0.15) is 0 Å². The number of hydrogen-bond donors (Lipinski definition) is 2. The SMILES string of the molecule is CC(=O)NC(=N)C(C)(C)C. The second-order valence-corrected chi connectivity index (χ2v) is 3.31. The lowest BCUT2D eigenvalue weighted by Gasteiger charge is -2.19. The van der Waals surface area contributed by atoms with E-state index in [-0.39, 0.29) is 17.2 Å². The topological polar surface area (TPSA) is 53.0 Å². The minimum atomic E-state index is -0.258.